The highest BCUT2D eigenvalue weighted by molar-refractivity contribution is 5.86. The number of aromatic nitrogens is 1. The molecule has 2 unspecified atom stereocenters. The van der Waals surface area contributed by atoms with Crippen molar-refractivity contribution in [2.75, 3.05) is 24.6 Å². The van der Waals surface area contributed by atoms with E-state index in [1.807, 2.05) is 29.2 Å². The van der Waals surface area contributed by atoms with Crippen LogP contribution < -0.4 is 4.90 Å². The van der Waals surface area contributed by atoms with Crippen molar-refractivity contribution in [1.29, 1.82) is 0 Å². The first kappa shape index (κ1) is 32.9. The molecule has 0 saturated heterocycles. The van der Waals surface area contributed by atoms with Gasteiger partial charge in [0.25, 0.3) is 0 Å². The standard InChI is InChI=1S/C33H38F3N3O5/c1-32(2,3)44-31(42)39(28-11-6-7-16-37-28)17-8-18-43-30-27-10-5-4-9-25(27)19-24(20-29(40)41)22-38(30)21-23-12-14-26(15-13-23)33(34,35)36/h4-7,9-16,24,30H,8,17-22H2,1-3H3,(H,40,41). The Labute approximate surface area is 255 Å². The molecule has 11 heteroatoms. The number of anilines is 1. The second kappa shape index (κ2) is 14.2. The molecule has 0 aliphatic carbocycles. The van der Waals surface area contributed by atoms with Crippen molar-refractivity contribution in [3.8, 4) is 0 Å². The second-order valence-corrected chi connectivity index (χ2v) is 11.9. The van der Waals surface area contributed by atoms with Crippen molar-refractivity contribution in [1.82, 2.24) is 9.88 Å². The van der Waals surface area contributed by atoms with Crippen molar-refractivity contribution >= 4 is 17.9 Å². The van der Waals surface area contributed by atoms with Gasteiger partial charge in [-0.05, 0) is 80.5 Å². The van der Waals surface area contributed by atoms with Gasteiger partial charge in [-0.1, -0.05) is 42.5 Å². The lowest BCUT2D eigenvalue weighted by Crippen LogP contribution is -2.38. The molecule has 2 atom stereocenters. The number of amides is 1. The summed E-state index contributed by atoms with van der Waals surface area (Å²) in [5, 5.41) is 9.59. The average Bonchev–Trinajstić information content (AvgIpc) is 3.08. The van der Waals surface area contributed by atoms with Crippen LogP contribution in [0.3, 0.4) is 0 Å². The number of carboxylic acid groups (broad SMARTS) is 1. The first-order chi connectivity index (χ1) is 20.8. The zero-order valence-corrected chi connectivity index (χ0v) is 25.1. The molecule has 1 N–H and O–H groups in total. The predicted octanol–water partition coefficient (Wildman–Crippen LogP) is 7.10. The van der Waals surface area contributed by atoms with E-state index in [1.54, 1.807) is 45.2 Å². The van der Waals surface area contributed by atoms with E-state index in [9.17, 15) is 27.9 Å². The van der Waals surface area contributed by atoms with Gasteiger partial charge in [0, 0.05) is 32.3 Å². The van der Waals surface area contributed by atoms with E-state index < -0.39 is 35.6 Å². The third kappa shape index (κ3) is 9.27. The van der Waals surface area contributed by atoms with Crippen LogP contribution in [0.4, 0.5) is 23.8 Å². The fraction of sp³-hybridized carbons (Fsp3) is 0.424. The number of fused-ring (bicyclic) bond motifs is 1. The summed E-state index contributed by atoms with van der Waals surface area (Å²) < 4.78 is 51.6. The molecule has 0 spiro atoms. The van der Waals surface area contributed by atoms with Gasteiger partial charge in [-0.3, -0.25) is 14.6 Å². The molecular weight excluding hydrogens is 575 g/mol. The molecule has 1 aromatic heterocycles. The highest BCUT2D eigenvalue weighted by atomic mass is 19.4. The summed E-state index contributed by atoms with van der Waals surface area (Å²) in [6.07, 6.45) is -3.06. The third-order valence-electron chi connectivity index (χ3n) is 7.13. The molecule has 2 aromatic carbocycles. The minimum atomic E-state index is -4.44. The summed E-state index contributed by atoms with van der Waals surface area (Å²) in [6, 6.07) is 17.9. The number of carbonyl (C=O) groups is 2. The maximum atomic E-state index is 13.2. The molecule has 1 aliphatic rings. The van der Waals surface area contributed by atoms with Crippen LogP contribution in [0.25, 0.3) is 0 Å². The van der Waals surface area contributed by atoms with E-state index in [4.69, 9.17) is 9.47 Å². The Kier molecular flexibility index (Phi) is 10.6. The van der Waals surface area contributed by atoms with Gasteiger partial charge in [-0.25, -0.2) is 9.78 Å². The van der Waals surface area contributed by atoms with Crippen LogP contribution >= 0.6 is 0 Å². The molecule has 0 bridgehead atoms. The number of alkyl halides is 3. The molecule has 236 valence electrons. The first-order valence-electron chi connectivity index (χ1n) is 14.5. The number of hydrogen-bond donors (Lipinski definition) is 1. The Bertz CT molecular complexity index is 1390. The number of hydrogen-bond acceptors (Lipinski definition) is 6. The molecule has 1 amide bonds. The zero-order chi connectivity index (χ0) is 31.9. The van der Waals surface area contributed by atoms with Crippen LogP contribution in [0.15, 0.2) is 72.9 Å². The molecule has 0 saturated carbocycles. The maximum Gasteiger partial charge on any atom is 0.416 e. The topological polar surface area (TPSA) is 92.2 Å². The van der Waals surface area contributed by atoms with Gasteiger partial charge >= 0.3 is 18.2 Å². The lowest BCUT2D eigenvalue weighted by Gasteiger charge is -2.32. The average molecular weight is 614 g/mol. The van der Waals surface area contributed by atoms with Crippen LogP contribution in [0.1, 0.15) is 62.1 Å². The Morgan fingerprint density at radius 1 is 1.02 bits per heavy atom. The Hall–Kier alpha value is -3.96. The number of carbonyl (C=O) groups excluding carboxylic acids is 1. The highest BCUT2D eigenvalue weighted by Gasteiger charge is 2.33. The lowest BCUT2D eigenvalue weighted by molar-refractivity contribution is -0.139. The number of pyridine rings is 1. The van der Waals surface area contributed by atoms with Gasteiger partial charge in [0.05, 0.1) is 12.2 Å². The zero-order valence-electron chi connectivity index (χ0n) is 25.1. The molecule has 4 rings (SSSR count). The summed E-state index contributed by atoms with van der Waals surface area (Å²) in [5.41, 5.74) is 1.05. The van der Waals surface area contributed by atoms with Gasteiger partial charge in [0.2, 0.25) is 0 Å². The van der Waals surface area contributed by atoms with Crippen LogP contribution in [0, 0.1) is 5.92 Å². The van der Waals surface area contributed by atoms with Crippen molar-refractivity contribution in [3.63, 3.8) is 0 Å². The third-order valence-corrected chi connectivity index (χ3v) is 7.13. The molecular formula is C33H38F3N3O5. The van der Waals surface area contributed by atoms with Crippen LogP contribution in [-0.2, 0) is 33.4 Å². The monoisotopic (exact) mass is 613 g/mol. The molecule has 0 radical (unpaired) electrons. The molecule has 0 fully saturated rings. The van der Waals surface area contributed by atoms with Gasteiger partial charge in [-0.15, -0.1) is 0 Å². The Morgan fingerprint density at radius 3 is 2.36 bits per heavy atom. The first-order valence-corrected chi connectivity index (χ1v) is 14.5. The van der Waals surface area contributed by atoms with Crippen molar-refractivity contribution in [2.45, 2.75) is 64.6 Å². The minimum absolute atomic E-state index is 0.0561. The fourth-order valence-corrected chi connectivity index (χ4v) is 5.27. The smallest absolute Gasteiger partial charge is 0.416 e. The van der Waals surface area contributed by atoms with E-state index >= 15 is 0 Å². The van der Waals surface area contributed by atoms with Gasteiger partial charge in [-0.2, -0.15) is 13.2 Å². The molecule has 1 aliphatic heterocycles. The number of nitrogens with zero attached hydrogens (tertiary/aromatic N) is 3. The molecule has 3 aromatic rings. The summed E-state index contributed by atoms with van der Waals surface area (Å²) >= 11 is 0. The number of aliphatic carboxylic acids is 1. The molecule has 44 heavy (non-hydrogen) atoms. The Morgan fingerprint density at radius 2 is 1.73 bits per heavy atom. The van der Waals surface area contributed by atoms with Gasteiger partial charge < -0.3 is 14.6 Å². The van der Waals surface area contributed by atoms with E-state index in [0.29, 0.717) is 30.8 Å². The van der Waals surface area contributed by atoms with E-state index in [0.717, 1.165) is 23.3 Å². The summed E-state index contributed by atoms with van der Waals surface area (Å²) in [4.78, 5) is 32.5. The Balaban J connectivity index is 1.55. The molecule has 8 nitrogen and oxygen atoms in total. The number of halogens is 3. The van der Waals surface area contributed by atoms with E-state index in [-0.39, 0.29) is 32.0 Å². The molecule has 2 heterocycles. The number of ether oxygens (including phenoxy) is 2. The largest absolute Gasteiger partial charge is 0.481 e. The fourth-order valence-electron chi connectivity index (χ4n) is 5.27. The maximum absolute atomic E-state index is 13.2. The summed E-state index contributed by atoms with van der Waals surface area (Å²) in [6.45, 7) is 6.49. The van der Waals surface area contributed by atoms with Crippen molar-refractivity contribution in [3.05, 3.63) is 95.2 Å². The predicted molar refractivity (Wildman–Crippen MR) is 159 cm³/mol. The number of carboxylic acids is 1. The number of rotatable bonds is 10. The highest BCUT2D eigenvalue weighted by Crippen LogP contribution is 2.35. The van der Waals surface area contributed by atoms with E-state index in [2.05, 4.69) is 4.98 Å². The van der Waals surface area contributed by atoms with Crippen molar-refractivity contribution < 1.29 is 37.3 Å². The quantitative estimate of drug-likeness (QED) is 0.244. The van der Waals surface area contributed by atoms with Gasteiger partial charge in [0.1, 0.15) is 17.6 Å². The second-order valence-electron chi connectivity index (χ2n) is 11.9. The van der Waals surface area contributed by atoms with Crippen LogP contribution in [0.5, 0.6) is 0 Å². The lowest BCUT2D eigenvalue weighted by atomic mass is 9.95. The summed E-state index contributed by atoms with van der Waals surface area (Å²) in [5.74, 6) is -0.705. The van der Waals surface area contributed by atoms with E-state index in [1.165, 1.54) is 17.0 Å². The normalized spacial score (nSPS) is 17.4. The SMILES string of the molecule is CC(C)(C)OC(=O)N(CCCOC1c2ccccc2CC(CC(=O)O)CN1Cc1ccc(C(F)(F)F)cc1)c1ccccn1. The van der Waals surface area contributed by atoms with Crippen molar-refractivity contribution in [2.24, 2.45) is 5.92 Å². The van der Waals surface area contributed by atoms with Crippen LogP contribution in [-0.4, -0.2) is 52.4 Å². The summed E-state index contributed by atoms with van der Waals surface area (Å²) in [7, 11) is 0. The van der Waals surface area contributed by atoms with Gasteiger partial charge in [0.15, 0.2) is 0 Å². The number of benzene rings is 2. The van der Waals surface area contributed by atoms with Crippen LogP contribution in [0.2, 0.25) is 0 Å². The minimum Gasteiger partial charge on any atom is -0.481 e.